The summed E-state index contributed by atoms with van der Waals surface area (Å²) < 4.78 is 32.0. The summed E-state index contributed by atoms with van der Waals surface area (Å²) in [6.07, 6.45) is 4.84. The molecule has 0 bridgehead atoms. The molecule has 0 radical (unpaired) electrons. The lowest BCUT2D eigenvalue weighted by molar-refractivity contribution is -0.136. The Morgan fingerprint density at radius 3 is 2.69 bits per heavy atom. The molecule has 0 saturated carbocycles. The van der Waals surface area contributed by atoms with Gasteiger partial charge in [0.2, 0.25) is 5.78 Å². The monoisotopic (exact) mass is 479 g/mol. The van der Waals surface area contributed by atoms with Gasteiger partial charge < -0.3 is 9.30 Å². The Bertz CT molecular complexity index is 1210. The highest BCUT2D eigenvalue weighted by atomic mass is 35.5. The first-order valence-corrected chi connectivity index (χ1v) is 12.3. The van der Waals surface area contributed by atoms with Crippen molar-refractivity contribution in [2.75, 3.05) is 18.1 Å². The minimum Gasteiger partial charge on any atom is -0.454 e. The predicted octanol–water partition coefficient (Wildman–Crippen LogP) is 3.25. The van der Waals surface area contributed by atoms with Gasteiger partial charge in [0, 0.05) is 35.1 Å². The summed E-state index contributed by atoms with van der Waals surface area (Å²) in [4.78, 5) is 24.7. The molecule has 0 N–H and O–H groups in total. The first-order chi connectivity index (χ1) is 15.0. The molecule has 0 aliphatic carbocycles. The van der Waals surface area contributed by atoms with Crippen molar-refractivity contribution in [2.45, 2.75) is 39.8 Å². The Hall–Kier alpha value is -2.65. The number of ketones is 1. The zero-order valence-electron chi connectivity index (χ0n) is 18.3. The van der Waals surface area contributed by atoms with Crippen molar-refractivity contribution in [3.8, 4) is 0 Å². The van der Waals surface area contributed by atoms with Gasteiger partial charge in [-0.2, -0.15) is 5.10 Å². The van der Waals surface area contributed by atoms with Crippen LogP contribution in [-0.2, 0) is 25.9 Å². The van der Waals surface area contributed by atoms with E-state index in [-0.39, 0.29) is 35.1 Å². The second kappa shape index (κ2) is 9.46. The summed E-state index contributed by atoms with van der Waals surface area (Å²) in [5.74, 6) is -0.882. The van der Waals surface area contributed by atoms with E-state index >= 15 is 0 Å². The van der Waals surface area contributed by atoms with Crippen molar-refractivity contribution in [1.82, 2.24) is 14.3 Å². The minimum absolute atomic E-state index is 0.00539. The van der Waals surface area contributed by atoms with Gasteiger partial charge in [0.1, 0.15) is 5.15 Å². The van der Waals surface area contributed by atoms with Crippen molar-refractivity contribution in [2.24, 2.45) is 0 Å². The second-order valence-corrected chi connectivity index (χ2v) is 10.4. The molecule has 0 amide bonds. The number of rotatable bonds is 8. The standard InChI is InChI=1S/C22H26ClN3O5S/c1-5-9-25-14(2)11-19(16(25)4)20(27)12-31-21(28)7-6-18-15(3)24-26(22(18)23)17-8-10-32(29,30)13-17/h5-7,11,17H,1,8-10,12-13H2,2-4H3/b7-6+/t17-/m0/s1. The second-order valence-electron chi connectivity index (χ2n) is 7.84. The molecule has 3 rings (SSSR count). The van der Waals surface area contributed by atoms with Crippen molar-refractivity contribution < 1.29 is 22.7 Å². The maximum Gasteiger partial charge on any atom is 0.331 e. The number of carbonyl (C=O) groups excluding carboxylic acids is 2. The number of nitrogens with zero attached hydrogens (tertiary/aromatic N) is 3. The first-order valence-electron chi connectivity index (χ1n) is 10.1. The zero-order chi connectivity index (χ0) is 23.6. The third-order valence-corrected chi connectivity index (χ3v) is 7.67. The van der Waals surface area contributed by atoms with Gasteiger partial charge in [-0.25, -0.2) is 17.9 Å². The van der Waals surface area contributed by atoms with Crippen LogP contribution in [0.25, 0.3) is 6.08 Å². The van der Waals surface area contributed by atoms with Gasteiger partial charge in [-0.15, -0.1) is 6.58 Å². The molecular formula is C22H26ClN3O5S. The Balaban J connectivity index is 1.65. The number of hydrogen-bond acceptors (Lipinski definition) is 6. The molecule has 0 unspecified atom stereocenters. The third kappa shape index (κ3) is 5.05. The summed E-state index contributed by atoms with van der Waals surface area (Å²) in [5, 5.41) is 4.60. The van der Waals surface area contributed by atoms with E-state index in [4.69, 9.17) is 16.3 Å². The molecular weight excluding hydrogens is 454 g/mol. The van der Waals surface area contributed by atoms with Gasteiger partial charge in [-0.05, 0) is 39.3 Å². The fourth-order valence-corrected chi connectivity index (χ4v) is 5.91. The molecule has 1 saturated heterocycles. The minimum atomic E-state index is -3.09. The normalized spacial score (nSPS) is 17.7. The van der Waals surface area contributed by atoms with Crippen LogP contribution in [0, 0.1) is 20.8 Å². The number of sulfone groups is 1. The SMILES string of the molecule is C=CCn1c(C)cc(C(=O)COC(=O)/C=C/c2c(C)nn([C@H]3CCS(=O)(=O)C3)c2Cl)c1C. The molecule has 3 heterocycles. The maximum atomic E-state index is 12.5. The molecule has 8 nitrogen and oxygen atoms in total. The van der Waals surface area contributed by atoms with Gasteiger partial charge in [0.25, 0.3) is 0 Å². The summed E-state index contributed by atoms with van der Waals surface area (Å²) in [6, 6.07) is 1.45. The largest absolute Gasteiger partial charge is 0.454 e. The molecule has 2 aromatic heterocycles. The topological polar surface area (TPSA) is 100 Å². The maximum absolute atomic E-state index is 12.5. The van der Waals surface area contributed by atoms with E-state index in [1.54, 1.807) is 19.1 Å². The molecule has 1 atom stereocenters. The van der Waals surface area contributed by atoms with E-state index in [1.807, 2.05) is 18.4 Å². The van der Waals surface area contributed by atoms with E-state index in [0.717, 1.165) is 11.4 Å². The van der Waals surface area contributed by atoms with E-state index < -0.39 is 15.8 Å². The number of halogens is 1. The van der Waals surface area contributed by atoms with Gasteiger partial charge in [-0.3, -0.25) is 4.79 Å². The molecule has 2 aromatic rings. The van der Waals surface area contributed by atoms with E-state index in [2.05, 4.69) is 11.7 Å². The Kier molecular flexibility index (Phi) is 7.09. The summed E-state index contributed by atoms with van der Waals surface area (Å²) >= 11 is 6.39. The van der Waals surface area contributed by atoms with Gasteiger partial charge in [-0.1, -0.05) is 17.7 Å². The van der Waals surface area contributed by atoms with E-state index in [0.29, 0.717) is 29.8 Å². The Morgan fingerprint density at radius 1 is 1.34 bits per heavy atom. The predicted molar refractivity (Wildman–Crippen MR) is 123 cm³/mol. The van der Waals surface area contributed by atoms with Crippen LogP contribution in [0.4, 0.5) is 0 Å². The number of aryl methyl sites for hydroxylation is 2. The number of hydrogen-bond donors (Lipinski definition) is 0. The highest BCUT2D eigenvalue weighted by molar-refractivity contribution is 7.91. The van der Waals surface area contributed by atoms with Crippen LogP contribution >= 0.6 is 11.6 Å². The van der Waals surface area contributed by atoms with Crippen LogP contribution in [-0.4, -0.2) is 52.6 Å². The third-order valence-electron chi connectivity index (χ3n) is 5.54. The lowest BCUT2D eigenvalue weighted by Gasteiger charge is -2.09. The molecule has 0 spiro atoms. The van der Waals surface area contributed by atoms with Crippen molar-refractivity contribution >= 4 is 39.3 Å². The van der Waals surface area contributed by atoms with Crippen molar-refractivity contribution in [1.29, 1.82) is 0 Å². The van der Waals surface area contributed by atoms with E-state index in [1.165, 1.54) is 16.8 Å². The number of allylic oxidation sites excluding steroid dienone is 1. The van der Waals surface area contributed by atoms with Crippen LogP contribution in [0.3, 0.4) is 0 Å². The summed E-state index contributed by atoms with van der Waals surface area (Å²) in [6.45, 7) is 9.38. The smallest absolute Gasteiger partial charge is 0.331 e. The number of esters is 1. The fourth-order valence-electron chi connectivity index (χ4n) is 3.84. The Morgan fingerprint density at radius 2 is 2.06 bits per heavy atom. The molecule has 32 heavy (non-hydrogen) atoms. The lowest BCUT2D eigenvalue weighted by Crippen LogP contribution is -2.13. The number of aromatic nitrogens is 3. The first kappa shape index (κ1) is 24.0. The summed E-state index contributed by atoms with van der Waals surface area (Å²) in [7, 11) is -3.09. The number of Topliss-reactive ketones (excluding diaryl/α,β-unsaturated/α-hetero) is 1. The van der Waals surface area contributed by atoms with Crippen LogP contribution in [0.2, 0.25) is 5.15 Å². The number of ether oxygens (including phenoxy) is 1. The van der Waals surface area contributed by atoms with Gasteiger partial charge >= 0.3 is 5.97 Å². The molecule has 1 aliphatic rings. The average Bonchev–Trinajstić information content (AvgIpc) is 3.33. The summed E-state index contributed by atoms with van der Waals surface area (Å²) in [5.41, 5.74) is 3.30. The van der Waals surface area contributed by atoms with Gasteiger partial charge in [0.15, 0.2) is 16.4 Å². The van der Waals surface area contributed by atoms with Crippen LogP contribution in [0.5, 0.6) is 0 Å². The number of carbonyl (C=O) groups is 2. The van der Waals surface area contributed by atoms with Crippen LogP contribution < -0.4 is 0 Å². The average molecular weight is 480 g/mol. The lowest BCUT2D eigenvalue weighted by atomic mass is 10.1. The fraction of sp³-hybridized carbons (Fsp3) is 0.409. The van der Waals surface area contributed by atoms with Gasteiger partial charge in [0.05, 0.1) is 23.2 Å². The van der Waals surface area contributed by atoms with Crippen LogP contribution in [0.1, 0.15) is 45.5 Å². The van der Waals surface area contributed by atoms with E-state index in [9.17, 15) is 18.0 Å². The molecule has 10 heteroatoms. The highest BCUT2D eigenvalue weighted by Crippen LogP contribution is 2.30. The zero-order valence-corrected chi connectivity index (χ0v) is 19.9. The van der Waals surface area contributed by atoms with Crippen molar-refractivity contribution in [3.63, 3.8) is 0 Å². The quantitative estimate of drug-likeness (QED) is 0.249. The Labute approximate surface area is 192 Å². The van der Waals surface area contributed by atoms with Crippen molar-refractivity contribution in [3.05, 3.63) is 58.2 Å². The highest BCUT2D eigenvalue weighted by Gasteiger charge is 2.31. The van der Waals surface area contributed by atoms with Crippen LogP contribution in [0.15, 0.2) is 24.8 Å². The molecule has 1 fully saturated rings. The molecule has 172 valence electrons. The molecule has 1 aliphatic heterocycles. The molecule has 0 aromatic carbocycles.